The van der Waals surface area contributed by atoms with Crippen molar-refractivity contribution in [3.63, 3.8) is 0 Å². The number of hydrogen-bond acceptors (Lipinski definition) is 4. The quantitative estimate of drug-likeness (QED) is 0.624. The molecule has 2 rings (SSSR count). The summed E-state index contributed by atoms with van der Waals surface area (Å²) in [6.07, 6.45) is 3.30. The Hall–Kier alpha value is -2.08. The minimum Gasteiger partial charge on any atom is -0.485 e. The van der Waals surface area contributed by atoms with E-state index < -0.39 is 4.92 Å². The van der Waals surface area contributed by atoms with Gasteiger partial charge in [0.2, 0.25) is 0 Å². The molecule has 19 heavy (non-hydrogen) atoms. The molecule has 0 aliphatic heterocycles. The third-order valence-corrected chi connectivity index (χ3v) is 2.80. The fraction of sp³-hybridized carbons (Fsp3) is 0.250. The molecule has 2 aromatic rings. The topological polar surface area (TPSA) is 70.2 Å². The highest BCUT2D eigenvalue weighted by molar-refractivity contribution is 6.30. The summed E-state index contributed by atoms with van der Waals surface area (Å²) >= 11 is 5.84. The van der Waals surface area contributed by atoms with E-state index in [0.29, 0.717) is 16.3 Å². The van der Waals surface area contributed by atoms with Gasteiger partial charge in [-0.2, -0.15) is 5.10 Å². The molecule has 0 N–H and O–H groups in total. The maximum Gasteiger partial charge on any atom is 0.276 e. The average Bonchev–Trinajstić information content (AvgIpc) is 2.84. The van der Waals surface area contributed by atoms with Gasteiger partial charge in [0.1, 0.15) is 6.61 Å². The first-order valence-electron chi connectivity index (χ1n) is 5.68. The number of hydrogen-bond donors (Lipinski definition) is 0. The maximum absolute atomic E-state index is 10.9. The smallest absolute Gasteiger partial charge is 0.276 e. The fourth-order valence-corrected chi connectivity index (χ4v) is 1.80. The third-order valence-electron chi connectivity index (χ3n) is 2.57. The molecule has 0 fully saturated rings. The molecule has 0 aliphatic carbocycles. The summed E-state index contributed by atoms with van der Waals surface area (Å²) in [4.78, 5) is 10.4. The second-order valence-corrected chi connectivity index (χ2v) is 4.29. The minimum atomic E-state index is -0.454. The van der Waals surface area contributed by atoms with Crippen LogP contribution in [0.3, 0.4) is 0 Å². The van der Waals surface area contributed by atoms with Crippen molar-refractivity contribution in [2.24, 2.45) is 0 Å². The molecule has 100 valence electrons. The number of aromatic nitrogens is 2. The van der Waals surface area contributed by atoms with Gasteiger partial charge in [-0.15, -0.1) is 0 Å². The van der Waals surface area contributed by atoms with Gasteiger partial charge in [0.25, 0.3) is 5.69 Å². The Bertz CT molecular complexity index is 598. The molecule has 0 radical (unpaired) electrons. The van der Waals surface area contributed by atoms with Crippen LogP contribution < -0.4 is 4.74 Å². The van der Waals surface area contributed by atoms with Gasteiger partial charge < -0.3 is 4.74 Å². The van der Waals surface area contributed by atoms with Crippen molar-refractivity contribution >= 4 is 17.3 Å². The molecule has 0 spiro atoms. The molecule has 0 atom stereocenters. The minimum absolute atomic E-state index is 0.00715. The standard InChI is InChI=1S/C12H12ClN3O3/c1-2-15-7-11(6-14-15)19-8-9-5-10(13)3-4-12(9)16(17)18/h3-7H,2,8H2,1H3. The van der Waals surface area contributed by atoms with Gasteiger partial charge in [0, 0.05) is 17.6 Å². The molecule has 0 amide bonds. The van der Waals surface area contributed by atoms with Crippen molar-refractivity contribution < 1.29 is 9.66 Å². The molecule has 0 bridgehead atoms. The molecule has 0 aliphatic rings. The lowest BCUT2D eigenvalue weighted by atomic mass is 10.2. The number of nitro benzene ring substituents is 1. The molecular formula is C12H12ClN3O3. The van der Waals surface area contributed by atoms with Gasteiger partial charge in [0.05, 0.1) is 22.9 Å². The molecule has 0 saturated heterocycles. The zero-order valence-electron chi connectivity index (χ0n) is 10.2. The Kier molecular flexibility index (Phi) is 4.01. The zero-order valence-corrected chi connectivity index (χ0v) is 11.0. The van der Waals surface area contributed by atoms with Crippen LogP contribution in [0.2, 0.25) is 5.02 Å². The molecule has 0 unspecified atom stereocenters. The Morgan fingerprint density at radius 1 is 1.53 bits per heavy atom. The van der Waals surface area contributed by atoms with Crippen molar-refractivity contribution in [2.75, 3.05) is 0 Å². The summed E-state index contributed by atoms with van der Waals surface area (Å²) < 4.78 is 7.18. The van der Waals surface area contributed by atoms with Crippen LogP contribution in [0.4, 0.5) is 5.69 Å². The Morgan fingerprint density at radius 3 is 2.95 bits per heavy atom. The van der Waals surface area contributed by atoms with Crippen molar-refractivity contribution in [3.05, 3.63) is 51.3 Å². The van der Waals surface area contributed by atoms with E-state index in [4.69, 9.17) is 16.3 Å². The van der Waals surface area contributed by atoms with E-state index in [9.17, 15) is 10.1 Å². The van der Waals surface area contributed by atoms with Gasteiger partial charge in [-0.1, -0.05) is 11.6 Å². The van der Waals surface area contributed by atoms with E-state index >= 15 is 0 Å². The average molecular weight is 282 g/mol. The lowest BCUT2D eigenvalue weighted by Gasteiger charge is -2.05. The summed E-state index contributed by atoms with van der Waals surface area (Å²) in [5, 5.41) is 15.4. The lowest BCUT2D eigenvalue weighted by molar-refractivity contribution is -0.385. The number of nitro groups is 1. The van der Waals surface area contributed by atoms with Crippen molar-refractivity contribution in [2.45, 2.75) is 20.1 Å². The first kappa shape index (κ1) is 13.4. The summed E-state index contributed by atoms with van der Waals surface area (Å²) in [5.74, 6) is 0.566. The van der Waals surface area contributed by atoms with E-state index in [-0.39, 0.29) is 12.3 Å². The van der Waals surface area contributed by atoms with Crippen LogP contribution in [0.15, 0.2) is 30.6 Å². The first-order chi connectivity index (χ1) is 9.10. The van der Waals surface area contributed by atoms with E-state index in [1.165, 1.54) is 18.2 Å². The van der Waals surface area contributed by atoms with Crippen molar-refractivity contribution in [1.29, 1.82) is 0 Å². The second kappa shape index (κ2) is 5.71. The third kappa shape index (κ3) is 3.23. The number of nitrogens with zero attached hydrogens (tertiary/aromatic N) is 3. The summed E-state index contributed by atoms with van der Waals surface area (Å²) in [7, 11) is 0. The predicted molar refractivity (Wildman–Crippen MR) is 70.3 cm³/mol. The molecule has 6 nitrogen and oxygen atoms in total. The summed E-state index contributed by atoms with van der Waals surface area (Å²) in [5.41, 5.74) is 0.425. The maximum atomic E-state index is 10.9. The van der Waals surface area contributed by atoms with E-state index in [0.717, 1.165) is 6.54 Å². The molecule has 1 aromatic carbocycles. The van der Waals surface area contributed by atoms with Gasteiger partial charge in [-0.05, 0) is 19.1 Å². The number of ether oxygens (including phenoxy) is 1. The van der Waals surface area contributed by atoms with Gasteiger partial charge in [-0.25, -0.2) is 0 Å². The van der Waals surface area contributed by atoms with Crippen LogP contribution in [0, 0.1) is 10.1 Å². The fourth-order valence-electron chi connectivity index (χ4n) is 1.60. The Balaban J connectivity index is 2.14. The monoisotopic (exact) mass is 281 g/mol. The summed E-state index contributed by atoms with van der Waals surface area (Å²) in [6.45, 7) is 2.77. The Morgan fingerprint density at radius 2 is 2.32 bits per heavy atom. The largest absolute Gasteiger partial charge is 0.485 e. The van der Waals surface area contributed by atoms with E-state index in [1.54, 1.807) is 17.1 Å². The van der Waals surface area contributed by atoms with Crippen LogP contribution in [-0.2, 0) is 13.2 Å². The predicted octanol–water partition coefficient (Wildman–Crippen LogP) is 3.04. The SMILES string of the molecule is CCn1cc(OCc2cc(Cl)ccc2[N+](=O)[O-])cn1. The molecule has 1 heterocycles. The van der Waals surface area contributed by atoms with E-state index in [2.05, 4.69) is 5.10 Å². The molecule has 1 aromatic heterocycles. The molecule has 7 heteroatoms. The van der Waals surface area contributed by atoms with Crippen molar-refractivity contribution in [1.82, 2.24) is 9.78 Å². The second-order valence-electron chi connectivity index (χ2n) is 3.85. The highest BCUT2D eigenvalue weighted by Crippen LogP contribution is 2.24. The highest BCUT2D eigenvalue weighted by Gasteiger charge is 2.14. The zero-order chi connectivity index (χ0) is 13.8. The van der Waals surface area contributed by atoms with Crippen LogP contribution in [0.1, 0.15) is 12.5 Å². The highest BCUT2D eigenvalue weighted by atomic mass is 35.5. The lowest BCUT2D eigenvalue weighted by Crippen LogP contribution is -2.00. The molecular weight excluding hydrogens is 270 g/mol. The van der Waals surface area contributed by atoms with Gasteiger partial charge in [0.15, 0.2) is 5.75 Å². The molecule has 0 saturated carbocycles. The normalized spacial score (nSPS) is 10.4. The van der Waals surface area contributed by atoms with Gasteiger partial charge >= 0.3 is 0 Å². The van der Waals surface area contributed by atoms with Crippen LogP contribution in [-0.4, -0.2) is 14.7 Å². The number of benzene rings is 1. The summed E-state index contributed by atoms with van der Waals surface area (Å²) in [6, 6.07) is 4.39. The van der Waals surface area contributed by atoms with Crippen molar-refractivity contribution in [3.8, 4) is 5.75 Å². The van der Waals surface area contributed by atoms with Crippen LogP contribution in [0.5, 0.6) is 5.75 Å². The van der Waals surface area contributed by atoms with Crippen LogP contribution >= 0.6 is 11.6 Å². The van der Waals surface area contributed by atoms with Crippen LogP contribution in [0.25, 0.3) is 0 Å². The van der Waals surface area contributed by atoms with Gasteiger partial charge in [-0.3, -0.25) is 14.8 Å². The first-order valence-corrected chi connectivity index (χ1v) is 6.06. The van der Waals surface area contributed by atoms with E-state index in [1.807, 2.05) is 6.92 Å². The number of aryl methyl sites for hydroxylation is 1. The number of rotatable bonds is 5. The Labute approximate surface area is 114 Å². The number of halogens is 1.